The van der Waals surface area contributed by atoms with Gasteiger partial charge in [-0.3, -0.25) is 9.69 Å². The lowest BCUT2D eigenvalue weighted by molar-refractivity contribution is -0.0257. The van der Waals surface area contributed by atoms with Crippen LogP contribution < -0.4 is 5.32 Å². The van der Waals surface area contributed by atoms with Crippen molar-refractivity contribution >= 4 is 11.6 Å². The van der Waals surface area contributed by atoms with E-state index >= 15 is 0 Å². The van der Waals surface area contributed by atoms with Crippen LogP contribution in [0.1, 0.15) is 39.5 Å². The maximum Gasteiger partial charge on any atom is 0.275 e. The Morgan fingerprint density at radius 1 is 1.17 bits per heavy atom. The Hall–Kier alpha value is -2.75. The summed E-state index contributed by atoms with van der Waals surface area (Å²) in [6.07, 6.45) is 5.16. The molecule has 1 heterocycles. The number of nitrogens with zero attached hydrogens (tertiary/aromatic N) is 2. The second-order valence-electron chi connectivity index (χ2n) is 7.74. The van der Waals surface area contributed by atoms with Crippen molar-refractivity contribution in [3.63, 3.8) is 0 Å². The number of nitrogens with one attached hydrogen (secondary N) is 1. The lowest BCUT2D eigenvalue weighted by Crippen LogP contribution is -2.45. The monoisotopic (exact) mass is 395 g/mol. The molecule has 0 bridgehead atoms. The van der Waals surface area contributed by atoms with E-state index in [0.717, 1.165) is 26.2 Å². The molecule has 1 fully saturated rings. The SMILES string of the molecule is C#Cc1cccc(C(=O)Nc2ccc3c(c2)C(F)(F)CC3N2CCN(C)CC2)c1. The lowest BCUT2D eigenvalue weighted by Gasteiger charge is -2.36. The second kappa shape index (κ2) is 7.58. The van der Waals surface area contributed by atoms with Crippen LogP contribution in [-0.2, 0) is 5.92 Å². The normalized spacial score (nSPS) is 21.4. The molecule has 0 saturated carbocycles. The van der Waals surface area contributed by atoms with Gasteiger partial charge in [0.05, 0.1) is 0 Å². The highest BCUT2D eigenvalue weighted by Gasteiger charge is 2.47. The average molecular weight is 395 g/mol. The Labute approximate surface area is 169 Å². The number of alkyl halides is 2. The minimum atomic E-state index is -2.91. The predicted molar refractivity (Wildman–Crippen MR) is 109 cm³/mol. The first-order valence-corrected chi connectivity index (χ1v) is 9.70. The molecule has 0 radical (unpaired) electrons. The minimum Gasteiger partial charge on any atom is -0.322 e. The summed E-state index contributed by atoms with van der Waals surface area (Å²) in [6.45, 7) is 3.31. The third-order valence-corrected chi connectivity index (χ3v) is 5.78. The molecule has 2 aromatic carbocycles. The Kier molecular flexibility index (Phi) is 5.12. The van der Waals surface area contributed by atoms with Gasteiger partial charge in [0.1, 0.15) is 0 Å². The van der Waals surface area contributed by atoms with E-state index in [2.05, 4.69) is 21.0 Å². The van der Waals surface area contributed by atoms with Gasteiger partial charge in [-0.1, -0.05) is 18.1 Å². The van der Waals surface area contributed by atoms with Crippen molar-refractivity contribution in [2.24, 2.45) is 0 Å². The van der Waals surface area contributed by atoms with Crippen LogP contribution in [0.15, 0.2) is 42.5 Å². The number of hydrogen-bond acceptors (Lipinski definition) is 3. The van der Waals surface area contributed by atoms with Crippen LogP contribution in [0.3, 0.4) is 0 Å². The molecule has 29 heavy (non-hydrogen) atoms. The molecule has 4 nitrogen and oxygen atoms in total. The number of hydrogen-bond donors (Lipinski definition) is 1. The summed E-state index contributed by atoms with van der Waals surface area (Å²) in [5, 5.41) is 2.72. The van der Waals surface area contributed by atoms with E-state index in [-0.39, 0.29) is 23.9 Å². The van der Waals surface area contributed by atoms with Gasteiger partial charge in [-0.15, -0.1) is 6.42 Å². The van der Waals surface area contributed by atoms with E-state index in [1.165, 1.54) is 6.07 Å². The first kappa shape index (κ1) is 19.6. The number of benzene rings is 2. The Balaban J connectivity index is 1.56. The molecule has 150 valence electrons. The zero-order chi connectivity index (χ0) is 20.6. The summed E-state index contributed by atoms with van der Waals surface area (Å²) in [7, 11) is 2.04. The summed E-state index contributed by atoms with van der Waals surface area (Å²) < 4.78 is 29.6. The number of anilines is 1. The molecule has 1 aliphatic carbocycles. The third-order valence-electron chi connectivity index (χ3n) is 5.78. The van der Waals surface area contributed by atoms with Crippen LogP contribution in [0.5, 0.6) is 0 Å². The molecule has 1 unspecified atom stereocenters. The zero-order valence-corrected chi connectivity index (χ0v) is 16.3. The van der Waals surface area contributed by atoms with Crippen LogP contribution in [0.25, 0.3) is 0 Å². The van der Waals surface area contributed by atoms with Gasteiger partial charge in [-0.25, -0.2) is 8.78 Å². The topological polar surface area (TPSA) is 35.6 Å². The quantitative estimate of drug-likeness (QED) is 0.805. The molecule has 4 rings (SSSR count). The molecule has 1 atom stereocenters. The van der Waals surface area contributed by atoms with Crippen LogP contribution >= 0.6 is 0 Å². The summed E-state index contributed by atoms with van der Waals surface area (Å²) in [5.41, 5.74) is 2.01. The molecule has 2 aromatic rings. The van der Waals surface area contributed by atoms with Gasteiger partial charge < -0.3 is 10.2 Å². The fraction of sp³-hybridized carbons (Fsp3) is 0.348. The third kappa shape index (κ3) is 3.89. The first-order valence-electron chi connectivity index (χ1n) is 9.70. The first-order chi connectivity index (χ1) is 13.9. The number of carbonyl (C=O) groups is 1. The predicted octanol–water partition coefficient (Wildman–Crippen LogP) is 3.70. The molecule has 0 spiro atoms. The Morgan fingerprint density at radius 2 is 1.93 bits per heavy atom. The van der Waals surface area contributed by atoms with Crippen LogP contribution in [0.4, 0.5) is 14.5 Å². The highest BCUT2D eigenvalue weighted by molar-refractivity contribution is 6.04. The van der Waals surface area contributed by atoms with E-state index in [1.54, 1.807) is 36.4 Å². The van der Waals surface area contributed by atoms with E-state index in [1.807, 2.05) is 7.05 Å². The largest absolute Gasteiger partial charge is 0.322 e. The maximum atomic E-state index is 14.8. The second-order valence-corrected chi connectivity index (χ2v) is 7.74. The number of rotatable bonds is 3. The Morgan fingerprint density at radius 3 is 2.66 bits per heavy atom. The highest BCUT2D eigenvalue weighted by Crippen LogP contribution is 2.50. The van der Waals surface area contributed by atoms with Gasteiger partial charge in [0.15, 0.2) is 0 Å². The molecule has 1 saturated heterocycles. The molecular formula is C23H23F2N3O. The van der Waals surface area contributed by atoms with Crippen molar-refractivity contribution in [2.75, 3.05) is 38.5 Å². The molecular weight excluding hydrogens is 372 g/mol. The van der Waals surface area contributed by atoms with Gasteiger partial charge >= 0.3 is 0 Å². The number of piperazine rings is 1. The van der Waals surface area contributed by atoms with E-state index in [4.69, 9.17) is 6.42 Å². The fourth-order valence-corrected chi connectivity index (χ4v) is 4.12. The van der Waals surface area contributed by atoms with E-state index in [9.17, 15) is 13.6 Å². The van der Waals surface area contributed by atoms with Crippen molar-refractivity contribution in [2.45, 2.75) is 18.4 Å². The summed E-state index contributed by atoms with van der Waals surface area (Å²) in [6, 6.07) is 11.2. The maximum absolute atomic E-state index is 14.8. The van der Waals surface area contributed by atoms with Crippen LogP contribution in [0.2, 0.25) is 0 Å². The number of carbonyl (C=O) groups excluding carboxylic acids is 1. The fourth-order valence-electron chi connectivity index (χ4n) is 4.12. The zero-order valence-electron chi connectivity index (χ0n) is 16.3. The number of fused-ring (bicyclic) bond motifs is 1. The van der Waals surface area contributed by atoms with Crippen molar-refractivity contribution in [1.82, 2.24) is 9.80 Å². The number of likely N-dealkylation sites (N-methyl/N-ethyl adjacent to an activating group) is 1. The minimum absolute atomic E-state index is 0.0107. The number of amides is 1. The summed E-state index contributed by atoms with van der Waals surface area (Å²) >= 11 is 0. The Bertz CT molecular complexity index is 974. The van der Waals surface area contributed by atoms with Crippen molar-refractivity contribution in [3.8, 4) is 12.3 Å². The van der Waals surface area contributed by atoms with Crippen LogP contribution in [-0.4, -0.2) is 48.9 Å². The van der Waals surface area contributed by atoms with Gasteiger partial charge in [0, 0.05) is 61.0 Å². The van der Waals surface area contributed by atoms with Crippen LogP contribution in [0, 0.1) is 12.3 Å². The molecule has 1 aliphatic heterocycles. The van der Waals surface area contributed by atoms with E-state index in [0.29, 0.717) is 22.4 Å². The number of halogens is 2. The van der Waals surface area contributed by atoms with Crippen molar-refractivity contribution < 1.29 is 13.6 Å². The standard InChI is InChI=1S/C23H23F2N3O/c1-3-16-5-4-6-17(13-16)22(29)26-18-7-8-19-20(14-18)23(24,25)15-21(19)28-11-9-27(2)10-12-28/h1,4-8,13-14,21H,9-12,15H2,2H3,(H,26,29). The van der Waals surface area contributed by atoms with Gasteiger partial charge in [0.25, 0.3) is 11.8 Å². The van der Waals surface area contributed by atoms with Gasteiger partial charge in [0.2, 0.25) is 0 Å². The molecule has 1 amide bonds. The van der Waals surface area contributed by atoms with Gasteiger partial charge in [-0.05, 0) is 42.9 Å². The molecule has 6 heteroatoms. The molecule has 1 N–H and O–H groups in total. The highest BCUT2D eigenvalue weighted by atomic mass is 19.3. The average Bonchev–Trinajstić information content (AvgIpc) is 2.99. The van der Waals surface area contributed by atoms with E-state index < -0.39 is 5.92 Å². The lowest BCUT2D eigenvalue weighted by atomic mass is 10.0. The smallest absolute Gasteiger partial charge is 0.275 e. The molecule has 2 aliphatic rings. The summed E-state index contributed by atoms with van der Waals surface area (Å²) in [4.78, 5) is 16.9. The van der Waals surface area contributed by atoms with Gasteiger partial charge in [-0.2, -0.15) is 0 Å². The van der Waals surface area contributed by atoms with Crippen molar-refractivity contribution in [3.05, 3.63) is 64.7 Å². The molecule has 0 aromatic heterocycles. The summed E-state index contributed by atoms with van der Waals surface area (Å²) in [5.74, 6) is -0.802. The van der Waals surface area contributed by atoms with Crippen molar-refractivity contribution in [1.29, 1.82) is 0 Å². The number of terminal acetylenes is 1.